The maximum atomic E-state index is 11.2. The van der Waals surface area contributed by atoms with E-state index in [0.29, 0.717) is 11.6 Å². The molecule has 1 rings (SSSR count). The third-order valence-electron chi connectivity index (χ3n) is 2.45. The number of rotatable bonds is 4. The van der Waals surface area contributed by atoms with Crippen LogP contribution in [-0.4, -0.2) is 19.6 Å². The second kappa shape index (κ2) is 6.26. The van der Waals surface area contributed by atoms with E-state index in [0.717, 1.165) is 15.7 Å². The van der Waals surface area contributed by atoms with Gasteiger partial charge in [0.2, 0.25) is 0 Å². The number of nitrogens with one attached hydrogen (secondary N) is 1. The largest absolute Gasteiger partial charge is 0.469 e. The normalized spacial score (nSPS) is 12.1. The summed E-state index contributed by atoms with van der Waals surface area (Å²) in [6.07, 6.45) is 0. The van der Waals surface area contributed by atoms with Crippen LogP contribution >= 0.6 is 27.5 Å². The Morgan fingerprint density at radius 1 is 1.59 bits per heavy atom. The second-order valence-electron chi connectivity index (χ2n) is 3.89. The van der Waals surface area contributed by atoms with Crippen molar-refractivity contribution < 1.29 is 9.53 Å². The Balaban J connectivity index is 2.70. The summed E-state index contributed by atoms with van der Waals surface area (Å²) in [7, 11) is 1.39. The number of carbonyl (C=O) groups excluding carboxylic acids is 1. The predicted octanol–water partition coefficient (Wildman–Crippen LogP) is 3.63. The van der Waals surface area contributed by atoms with Crippen LogP contribution in [-0.2, 0) is 9.53 Å². The minimum atomic E-state index is -0.230. The topological polar surface area (TPSA) is 38.3 Å². The lowest BCUT2D eigenvalue weighted by Gasteiger charge is -2.13. The number of ether oxygens (including phenoxy) is 1. The fourth-order valence-corrected chi connectivity index (χ4v) is 2.09. The quantitative estimate of drug-likeness (QED) is 0.861. The monoisotopic (exact) mass is 319 g/mol. The molecule has 0 fully saturated rings. The third-order valence-corrected chi connectivity index (χ3v) is 3.51. The first-order valence-electron chi connectivity index (χ1n) is 5.23. The van der Waals surface area contributed by atoms with Crippen LogP contribution in [0.5, 0.6) is 0 Å². The molecule has 5 heteroatoms. The first-order valence-corrected chi connectivity index (χ1v) is 6.40. The van der Waals surface area contributed by atoms with E-state index in [1.54, 1.807) is 0 Å². The van der Waals surface area contributed by atoms with Crippen molar-refractivity contribution in [1.82, 2.24) is 0 Å². The molecule has 0 radical (unpaired) electrons. The standard InChI is InChI=1S/C12H15BrClNO2/c1-7-4-9(13)11(5-10(7)14)15-6-8(2)12(16)17-3/h4-5,8,15H,6H2,1-3H3. The Bertz CT molecular complexity index is 423. The summed E-state index contributed by atoms with van der Waals surface area (Å²) >= 11 is 9.49. The van der Waals surface area contributed by atoms with E-state index in [4.69, 9.17) is 11.6 Å². The van der Waals surface area contributed by atoms with Crippen LogP contribution in [0.1, 0.15) is 12.5 Å². The van der Waals surface area contributed by atoms with Gasteiger partial charge in [0, 0.05) is 21.7 Å². The summed E-state index contributed by atoms with van der Waals surface area (Å²) in [6.45, 7) is 4.25. The number of methoxy groups -OCH3 is 1. The molecule has 1 unspecified atom stereocenters. The van der Waals surface area contributed by atoms with Crippen LogP contribution in [0.15, 0.2) is 16.6 Å². The highest BCUT2D eigenvalue weighted by Gasteiger charge is 2.13. The van der Waals surface area contributed by atoms with Gasteiger partial charge in [-0.05, 0) is 40.5 Å². The SMILES string of the molecule is COC(=O)C(C)CNc1cc(Cl)c(C)cc1Br. The molecule has 1 N–H and O–H groups in total. The molecule has 0 saturated heterocycles. The first kappa shape index (κ1) is 14.3. The zero-order chi connectivity index (χ0) is 13.0. The molecular formula is C12H15BrClNO2. The van der Waals surface area contributed by atoms with Crippen molar-refractivity contribution in [3.63, 3.8) is 0 Å². The zero-order valence-electron chi connectivity index (χ0n) is 10.0. The molecule has 0 saturated carbocycles. The van der Waals surface area contributed by atoms with Gasteiger partial charge in [0.25, 0.3) is 0 Å². The summed E-state index contributed by atoms with van der Waals surface area (Å²) < 4.78 is 5.58. The van der Waals surface area contributed by atoms with E-state index in [1.807, 2.05) is 26.0 Å². The van der Waals surface area contributed by atoms with Gasteiger partial charge in [-0.25, -0.2) is 0 Å². The van der Waals surface area contributed by atoms with Crippen LogP contribution in [0.4, 0.5) is 5.69 Å². The number of hydrogen-bond acceptors (Lipinski definition) is 3. The number of hydrogen-bond donors (Lipinski definition) is 1. The Hall–Kier alpha value is -0.740. The van der Waals surface area contributed by atoms with Crippen molar-refractivity contribution in [1.29, 1.82) is 0 Å². The van der Waals surface area contributed by atoms with E-state index >= 15 is 0 Å². The highest BCUT2D eigenvalue weighted by Crippen LogP contribution is 2.29. The van der Waals surface area contributed by atoms with Gasteiger partial charge in [0.05, 0.1) is 13.0 Å². The van der Waals surface area contributed by atoms with Gasteiger partial charge in [-0.3, -0.25) is 4.79 Å². The molecule has 1 aromatic rings. The zero-order valence-corrected chi connectivity index (χ0v) is 12.4. The molecular weight excluding hydrogens is 305 g/mol. The molecule has 0 aromatic heterocycles. The Labute approximate surface area is 115 Å². The lowest BCUT2D eigenvalue weighted by molar-refractivity contribution is -0.144. The molecule has 17 heavy (non-hydrogen) atoms. The molecule has 1 atom stereocenters. The number of carbonyl (C=O) groups is 1. The summed E-state index contributed by atoms with van der Waals surface area (Å²) in [5, 5.41) is 3.86. The van der Waals surface area contributed by atoms with Crippen LogP contribution in [0.3, 0.4) is 0 Å². The summed E-state index contributed by atoms with van der Waals surface area (Å²) in [4.78, 5) is 11.2. The lowest BCUT2D eigenvalue weighted by Crippen LogP contribution is -2.21. The van der Waals surface area contributed by atoms with E-state index in [9.17, 15) is 4.79 Å². The highest BCUT2D eigenvalue weighted by atomic mass is 79.9. The molecule has 0 amide bonds. The van der Waals surface area contributed by atoms with Crippen LogP contribution < -0.4 is 5.32 Å². The van der Waals surface area contributed by atoms with Crippen LogP contribution in [0.2, 0.25) is 5.02 Å². The minimum Gasteiger partial charge on any atom is -0.469 e. The predicted molar refractivity (Wildman–Crippen MR) is 73.6 cm³/mol. The highest BCUT2D eigenvalue weighted by molar-refractivity contribution is 9.10. The number of anilines is 1. The maximum Gasteiger partial charge on any atom is 0.310 e. The minimum absolute atomic E-state index is 0.202. The van der Waals surface area contributed by atoms with Gasteiger partial charge in [-0.15, -0.1) is 0 Å². The molecule has 1 aromatic carbocycles. The second-order valence-corrected chi connectivity index (χ2v) is 5.15. The van der Waals surface area contributed by atoms with Gasteiger partial charge < -0.3 is 10.1 Å². The Kier molecular flexibility index (Phi) is 5.28. The van der Waals surface area contributed by atoms with Crippen molar-refractivity contribution in [2.75, 3.05) is 19.0 Å². The molecule has 94 valence electrons. The van der Waals surface area contributed by atoms with Crippen LogP contribution in [0.25, 0.3) is 0 Å². The lowest BCUT2D eigenvalue weighted by atomic mass is 10.1. The molecule has 0 aliphatic carbocycles. The average molecular weight is 321 g/mol. The van der Waals surface area contributed by atoms with E-state index < -0.39 is 0 Å². The van der Waals surface area contributed by atoms with E-state index in [2.05, 4.69) is 26.0 Å². The number of halogens is 2. The Morgan fingerprint density at radius 3 is 2.82 bits per heavy atom. The molecule has 3 nitrogen and oxygen atoms in total. The molecule has 0 heterocycles. The molecule has 0 aliphatic rings. The van der Waals surface area contributed by atoms with Crippen LogP contribution in [0, 0.1) is 12.8 Å². The molecule has 0 spiro atoms. The fourth-order valence-electron chi connectivity index (χ4n) is 1.33. The van der Waals surface area contributed by atoms with Gasteiger partial charge in [0.1, 0.15) is 0 Å². The number of benzene rings is 1. The molecule has 0 bridgehead atoms. The summed E-state index contributed by atoms with van der Waals surface area (Å²) in [5.41, 5.74) is 1.88. The van der Waals surface area contributed by atoms with Crippen molar-refractivity contribution in [3.05, 3.63) is 27.2 Å². The van der Waals surface area contributed by atoms with Gasteiger partial charge in [-0.1, -0.05) is 18.5 Å². The maximum absolute atomic E-state index is 11.2. The number of aryl methyl sites for hydroxylation is 1. The van der Waals surface area contributed by atoms with Crippen molar-refractivity contribution >= 4 is 39.2 Å². The first-order chi connectivity index (χ1) is 7.95. The van der Waals surface area contributed by atoms with Gasteiger partial charge >= 0.3 is 5.97 Å². The Morgan fingerprint density at radius 2 is 2.24 bits per heavy atom. The smallest absolute Gasteiger partial charge is 0.310 e. The summed E-state index contributed by atoms with van der Waals surface area (Å²) in [6, 6.07) is 3.78. The van der Waals surface area contributed by atoms with Gasteiger partial charge in [0.15, 0.2) is 0 Å². The van der Waals surface area contributed by atoms with E-state index in [1.165, 1.54) is 7.11 Å². The van der Waals surface area contributed by atoms with E-state index in [-0.39, 0.29) is 11.9 Å². The third kappa shape index (κ3) is 3.89. The van der Waals surface area contributed by atoms with Crippen molar-refractivity contribution in [2.45, 2.75) is 13.8 Å². The molecule has 0 aliphatic heterocycles. The fraction of sp³-hybridized carbons (Fsp3) is 0.417. The van der Waals surface area contributed by atoms with Crippen molar-refractivity contribution in [2.24, 2.45) is 5.92 Å². The van der Waals surface area contributed by atoms with Crippen molar-refractivity contribution in [3.8, 4) is 0 Å². The average Bonchev–Trinajstić information content (AvgIpc) is 2.30. The summed E-state index contributed by atoms with van der Waals surface area (Å²) in [5.74, 6) is -0.432. The van der Waals surface area contributed by atoms with Gasteiger partial charge in [-0.2, -0.15) is 0 Å². The number of esters is 1.